The zero-order valence-electron chi connectivity index (χ0n) is 7.51. The Morgan fingerprint density at radius 3 is 2.50 bits per heavy atom. The maximum Gasteiger partial charge on any atom is 0.169 e. The predicted molar refractivity (Wildman–Crippen MR) is 43.7 cm³/mol. The molecule has 0 bridgehead atoms. The van der Waals surface area contributed by atoms with E-state index in [1.54, 1.807) is 0 Å². The number of aliphatic hydroxyl groups excluding tert-OH is 1. The maximum atomic E-state index is 9.06. The first kappa shape index (κ1) is 8.48. The van der Waals surface area contributed by atoms with Crippen molar-refractivity contribution in [3.05, 3.63) is 0 Å². The SMILES string of the molecule is C[C@@]1(CO)COC2(CCCC2)O1. The van der Waals surface area contributed by atoms with Gasteiger partial charge in [0.05, 0.1) is 13.2 Å². The van der Waals surface area contributed by atoms with Gasteiger partial charge in [-0.05, 0) is 19.8 Å². The van der Waals surface area contributed by atoms with Crippen LogP contribution in [0.4, 0.5) is 0 Å². The molecule has 0 aromatic heterocycles. The largest absolute Gasteiger partial charge is 0.393 e. The summed E-state index contributed by atoms with van der Waals surface area (Å²) in [5.41, 5.74) is -0.454. The van der Waals surface area contributed by atoms with Crippen LogP contribution in [0.1, 0.15) is 32.6 Å². The normalized spacial score (nSPS) is 39.5. The first-order chi connectivity index (χ1) is 5.68. The highest BCUT2D eigenvalue weighted by Crippen LogP contribution is 2.42. The van der Waals surface area contributed by atoms with Crippen molar-refractivity contribution in [3.63, 3.8) is 0 Å². The van der Waals surface area contributed by atoms with Gasteiger partial charge in [-0.15, -0.1) is 0 Å². The van der Waals surface area contributed by atoms with Gasteiger partial charge in [0.2, 0.25) is 0 Å². The molecule has 3 nitrogen and oxygen atoms in total. The van der Waals surface area contributed by atoms with Crippen molar-refractivity contribution >= 4 is 0 Å². The van der Waals surface area contributed by atoms with E-state index in [9.17, 15) is 0 Å². The van der Waals surface area contributed by atoms with Crippen LogP contribution in [-0.4, -0.2) is 29.7 Å². The summed E-state index contributed by atoms with van der Waals surface area (Å²) in [4.78, 5) is 0. The van der Waals surface area contributed by atoms with Crippen LogP contribution in [-0.2, 0) is 9.47 Å². The van der Waals surface area contributed by atoms with Crippen LogP contribution in [0.5, 0.6) is 0 Å². The Morgan fingerprint density at radius 1 is 1.33 bits per heavy atom. The lowest BCUT2D eigenvalue weighted by Crippen LogP contribution is -2.35. The second-order valence-electron chi connectivity index (χ2n) is 4.12. The Kier molecular flexibility index (Phi) is 1.90. The van der Waals surface area contributed by atoms with E-state index in [4.69, 9.17) is 14.6 Å². The van der Waals surface area contributed by atoms with Gasteiger partial charge < -0.3 is 14.6 Å². The fourth-order valence-corrected chi connectivity index (χ4v) is 2.03. The van der Waals surface area contributed by atoms with Gasteiger partial charge in [0.1, 0.15) is 5.60 Å². The highest BCUT2D eigenvalue weighted by atomic mass is 16.8. The van der Waals surface area contributed by atoms with Gasteiger partial charge in [-0.3, -0.25) is 0 Å². The van der Waals surface area contributed by atoms with Crippen molar-refractivity contribution in [2.75, 3.05) is 13.2 Å². The fourth-order valence-electron chi connectivity index (χ4n) is 2.03. The summed E-state index contributed by atoms with van der Waals surface area (Å²) in [7, 11) is 0. The summed E-state index contributed by atoms with van der Waals surface area (Å²) >= 11 is 0. The summed E-state index contributed by atoms with van der Waals surface area (Å²) < 4.78 is 11.4. The summed E-state index contributed by atoms with van der Waals surface area (Å²) in [5, 5.41) is 9.06. The van der Waals surface area contributed by atoms with Crippen molar-refractivity contribution in [2.24, 2.45) is 0 Å². The van der Waals surface area contributed by atoms with Crippen molar-refractivity contribution in [1.29, 1.82) is 0 Å². The zero-order valence-corrected chi connectivity index (χ0v) is 7.51. The van der Waals surface area contributed by atoms with E-state index in [2.05, 4.69) is 0 Å². The molecule has 1 saturated heterocycles. The quantitative estimate of drug-likeness (QED) is 0.642. The molecule has 0 aromatic rings. The standard InChI is InChI=1S/C9H16O3/c1-8(6-10)7-11-9(12-8)4-2-3-5-9/h10H,2-7H2,1H3/t8-/m1/s1. The second-order valence-corrected chi connectivity index (χ2v) is 4.12. The van der Waals surface area contributed by atoms with Crippen molar-refractivity contribution in [1.82, 2.24) is 0 Å². The molecule has 1 N–H and O–H groups in total. The molecule has 0 amide bonds. The van der Waals surface area contributed by atoms with E-state index in [0.717, 1.165) is 12.8 Å². The van der Waals surface area contributed by atoms with Crippen molar-refractivity contribution in [3.8, 4) is 0 Å². The number of ether oxygens (including phenoxy) is 2. The van der Waals surface area contributed by atoms with Crippen LogP contribution in [0, 0.1) is 0 Å². The van der Waals surface area contributed by atoms with Crippen LogP contribution in [0.15, 0.2) is 0 Å². The molecule has 2 aliphatic rings. The fraction of sp³-hybridized carbons (Fsp3) is 1.00. The second kappa shape index (κ2) is 2.69. The molecular weight excluding hydrogens is 156 g/mol. The molecule has 2 rings (SSSR count). The minimum atomic E-state index is -0.454. The molecule has 3 heteroatoms. The minimum absolute atomic E-state index is 0.0503. The van der Waals surface area contributed by atoms with Gasteiger partial charge in [-0.25, -0.2) is 0 Å². The van der Waals surface area contributed by atoms with E-state index < -0.39 is 5.60 Å². The molecule has 0 unspecified atom stereocenters. The van der Waals surface area contributed by atoms with Crippen LogP contribution >= 0.6 is 0 Å². The molecule has 0 aromatic carbocycles. The minimum Gasteiger partial charge on any atom is -0.393 e. The lowest BCUT2D eigenvalue weighted by molar-refractivity contribution is -0.184. The highest BCUT2D eigenvalue weighted by molar-refractivity contribution is 4.90. The maximum absolute atomic E-state index is 9.06. The molecule has 70 valence electrons. The number of hydrogen-bond donors (Lipinski definition) is 1. The summed E-state index contributed by atoms with van der Waals surface area (Å²) in [5.74, 6) is -0.336. The Balaban J connectivity index is 2.05. The lowest BCUT2D eigenvalue weighted by atomic mass is 10.1. The molecule has 0 radical (unpaired) electrons. The molecule has 1 aliphatic carbocycles. The number of rotatable bonds is 1. The zero-order chi connectivity index (χ0) is 8.66. The number of aliphatic hydroxyl groups is 1. The monoisotopic (exact) mass is 172 g/mol. The highest BCUT2D eigenvalue weighted by Gasteiger charge is 2.48. The summed E-state index contributed by atoms with van der Waals surface area (Å²) in [6.07, 6.45) is 4.34. The number of hydrogen-bond acceptors (Lipinski definition) is 3. The average molecular weight is 172 g/mol. The summed E-state index contributed by atoms with van der Waals surface area (Å²) in [6, 6.07) is 0. The molecular formula is C9H16O3. The lowest BCUT2D eigenvalue weighted by Gasteiger charge is -2.25. The van der Waals surface area contributed by atoms with Crippen LogP contribution in [0.2, 0.25) is 0 Å². The van der Waals surface area contributed by atoms with Gasteiger partial charge in [-0.2, -0.15) is 0 Å². The van der Waals surface area contributed by atoms with Gasteiger partial charge in [0, 0.05) is 12.8 Å². The van der Waals surface area contributed by atoms with Crippen LogP contribution < -0.4 is 0 Å². The van der Waals surface area contributed by atoms with Gasteiger partial charge in [0.15, 0.2) is 5.79 Å². The Hall–Kier alpha value is -0.120. The van der Waals surface area contributed by atoms with Crippen molar-refractivity contribution in [2.45, 2.75) is 44.0 Å². The molecule has 1 spiro atoms. The predicted octanol–water partition coefficient (Wildman–Crippen LogP) is 1.05. The average Bonchev–Trinajstić information content (AvgIpc) is 2.63. The van der Waals surface area contributed by atoms with E-state index in [0.29, 0.717) is 6.61 Å². The molecule has 1 atom stereocenters. The molecule has 1 saturated carbocycles. The summed E-state index contributed by atoms with van der Waals surface area (Å²) in [6.45, 7) is 2.48. The Morgan fingerprint density at radius 2 is 2.00 bits per heavy atom. The van der Waals surface area contributed by atoms with E-state index in [-0.39, 0.29) is 12.4 Å². The molecule has 1 aliphatic heterocycles. The van der Waals surface area contributed by atoms with Crippen LogP contribution in [0.3, 0.4) is 0 Å². The van der Waals surface area contributed by atoms with E-state index in [1.807, 2.05) is 6.92 Å². The van der Waals surface area contributed by atoms with Gasteiger partial charge in [0.25, 0.3) is 0 Å². The Bertz CT molecular complexity index is 175. The van der Waals surface area contributed by atoms with Gasteiger partial charge in [-0.1, -0.05) is 0 Å². The molecule has 12 heavy (non-hydrogen) atoms. The first-order valence-electron chi connectivity index (χ1n) is 4.63. The third-order valence-corrected chi connectivity index (χ3v) is 2.77. The Labute approximate surface area is 72.7 Å². The first-order valence-corrected chi connectivity index (χ1v) is 4.63. The molecule has 2 fully saturated rings. The van der Waals surface area contributed by atoms with E-state index >= 15 is 0 Å². The smallest absolute Gasteiger partial charge is 0.169 e. The third-order valence-electron chi connectivity index (χ3n) is 2.77. The van der Waals surface area contributed by atoms with Gasteiger partial charge >= 0.3 is 0 Å². The van der Waals surface area contributed by atoms with E-state index in [1.165, 1.54) is 12.8 Å². The van der Waals surface area contributed by atoms with Crippen molar-refractivity contribution < 1.29 is 14.6 Å². The molecule has 1 heterocycles. The van der Waals surface area contributed by atoms with Crippen LogP contribution in [0.25, 0.3) is 0 Å². The third kappa shape index (κ3) is 1.26. The topological polar surface area (TPSA) is 38.7 Å².